The molecule has 0 aliphatic rings. The number of carbonyl (C=O) groups excluding carboxylic acids is 1. The Morgan fingerprint density at radius 3 is 2.73 bits per heavy atom. The fourth-order valence-electron chi connectivity index (χ4n) is 0.698. The Balaban J connectivity index is 3.40. The molecule has 0 aromatic heterocycles. The lowest BCUT2D eigenvalue weighted by atomic mass is 10.4. The molecule has 0 saturated heterocycles. The molecular weight excluding hydrogens is 144 g/mol. The van der Waals surface area contributed by atoms with Crippen molar-refractivity contribution in [2.24, 2.45) is 0 Å². The molecule has 0 rings (SSSR count). The topological polar surface area (TPSA) is 50.4 Å². The summed E-state index contributed by atoms with van der Waals surface area (Å²) in [4.78, 5) is 10.8. The van der Waals surface area contributed by atoms with Crippen LogP contribution in [0.5, 0.6) is 0 Å². The van der Waals surface area contributed by atoms with Crippen molar-refractivity contribution < 1.29 is 9.53 Å². The minimum Gasteiger partial charge on any atom is -0.445 e. The molecule has 0 aliphatic heterocycles. The Hall–Kier alpha value is -0.770. The smallest absolute Gasteiger partial charge is 0.407 e. The lowest BCUT2D eigenvalue weighted by Gasteiger charge is -2.12. The van der Waals surface area contributed by atoms with Crippen LogP contribution in [0.15, 0.2) is 0 Å². The number of hydrogen-bond donors (Lipinski definition) is 2. The zero-order valence-corrected chi connectivity index (χ0v) is 7.31. The van der Waals surface area contributed by atoms with E-state index in [9.17, 15) is 4.79 Å². The number of carbonyl (C=O) groups is 1. The Morgan fingerprint density at radius 1 is 1.64 bits per heavy atom. The first-order valence-corrected chi connectivity index (χ1v) is 3.79. The summed E-state index contributed by atoms with van der Waals surface area (Å²) < 4.78 is 4.92. The van der Waals surface area contributed by atoms with Gasteiger partial charge in [0.2, 0.25) is 0 Å². The van der Waals surface area contributed by atoms with Gasteiger partial charge in [0.1, 0.15) is 6.10 Å². The molecule has 1 unspecified atom stereocenters. The summed E-state index contributed by atoms with van der Waals surface area (Å²) in [6.07, 6.45) is -0.429. The maximum absolute atomic E-state index is 10.8. The molecule has 0 radical (unpaired) electrons. The van der Waals surface area contributed by atoms with E-state index in [2.05, 4.69) is 10.6 Å². The summed E-state index contributed by atoms with van der Waals surface area (Å²) in [5, 5.41) is 5.46. The largest absolute Gasteiger partial charge is 0.445 e. The standard InChI is InChI=1S/C7H16N2O2/c1-4-9-7(10)11-6(2)5-8-3/h6,8H,4-5H2,1-3H3,(H,9,10). The Kier molecular flexibility index (Phi) is 5.56. The molecule has 0 fully saturated rings. The van der Waals surface area contributed by atoms with Crippen LogP contribution >= 0.6 is 0 Å². The van der Waals surface area contributed by atoms with Gasteiger partial charge in [-0.3, -0.25) is 0 Å². The van der Waals surface area contributed by atoms with Crippen LogP contribution in [0.4, 0.5) is 4.79 Å². The van der Waals surface area contributed by atoms with E-state index in [-0.39, 0.29) is 12.2 Å². The molecule has 0 aromatic carbocycles. The van der Waals surface area contributed by atoms with E-state index in [0.717, 1.165) is 0 Å². The van der Waals surface area contributed by atoms with Gasteiger partial charge >= 0.3 is 6.09 Å². The molecule has 1 atom stereocenters. The normalized spacial score (nSPS) is 12.3. The van der Waals surface area contributed by atoms with Crippen molar-refractivity contribution in [1.82, 2.24) is 10.6 Å². The minimum atomic E-state index is -0.352. The predicted octanol–water partition coefficient (Wildman–Crippen LogP) is 0.340. The van der Waals surface area contributed by atoms with Gasteiger partial charge in [0.25, 0.3) is 0 Å². The molecule has 0 aromatic rings. The van der Waals surface area contributed by atoms with Crippen LogP contribution in [-0.4, -0.2) is 32.3 Å². The van der Waals surface area contributed by atoms with Gasteiger partial charge in [0.05, 0.1) is 0 Å². The van der Waals surface area contributed by atoms with Crippen molar-refractivity contribution in [3.8, 4) is 0 Å². The molecule has 1 amide bonds. The van der Waals surface area contributed by atoms with Gasteiger partial charge in [-0.1, -0.05) is 0 Å². The monoisotopic (exact) mass is 160 g/mol. The van der Waals surface area contributed by atoms with Crippen molar-refractivity contribution in [3.63, 3.8) is 0 Å². The number of amides is 1. The van der Waals surface area contributed by atoms with Gasteiger partial charge in [-0.05, 0) is 20.9 Å². The molecule has 11 heavy (non-hydrogen) atoms. The van der Waals surface area contributed by atoms with Gasteiger partial charge in [0, 0.05) is 13.1 Å². The van der Waals surface area contributed by atoms with Gasteiger partial charge in [-0.25, -0.2) is 4.79 Å². The Labute approximate surface area is 67.3 Å². The summed E-state index contributed by atoms with van der Waals surface area (Å²) >= 11 is 0. The van der Waals surface area contributed by atoms with Gasteiger partial charge < -0.3 is 15.4 Å². The second kappa shape index (κ2) is 5.97. The highest BCUT2D eigenvalue weighted by molar-refractivity contribution is 5.67. The average molecular weight is 160 g/mol. The third-order valence-corrected chi connectivity index (χ3v) is 1.12. The quantitative estimate of drug-likeness (QED) is 0.623. The van der Waals surface area contributed by atoms with Crippen LogP contribution in [-0.2, 0) is 4.74 Å². The first kappa shape index (κ1) is 10.2. The third kappa shape index (κ3) is 5.66. The number of hydrogen-bond acceptors (Lipinski definition) is 3. The van der Waals surface area contributed by atoms with E-state index in [1.807, 2.05) is 20.9 Å². The van der Waals surface area contributed by atoms with Crippen LogP contribution in [0, 0.1) is 0 Å². The van der Waals surface area contributed by atoms with E-state index in [4.69, 9.17) is 4.74 Å². The van der Waals surface area contributed by atoms with Crippen molar-refractivity contribution in [1.29, 1.82) is 0 Å². The zero-order chi connectivity index (χ0) is 8.69. The summed E-state index contributed by atoms with van der Waals surface area (Å²) in [5.41, 5.74) is 0. The van der Waals surface area contributed by atoms with E-state index < -0.39 is 0 Å². The molecule has 0 saturated carbocycles. The van der Waals surface area contributed by atoms with E-state index in [1.54, 1.807) is 0 Å². The highest BCUT2D eigenvalue weighted by Gasteiger charge is 2.05. The summed E-state index contributed by atoms with van der Waals surface area (Å²) in [5.74, 6) is 0. The second-order valence-electron chi connectivity index (χ2n) is 2.30. The van der Waals surface area contributed by atoms with Crippen LogP contribution in [0.2, 0.25) is 0 Å². The van der Waals surface area contributed by atoms with Crippen molar-refractivity contribution in [2.45, 2.75) is 20.0 Å². The first-order chi connectivity index (χ1) is 5.20. The summed E-state index contributed by atoms with van der Waals surface area (Å²) in [7, 11) is 1.82. The number of likely N-dealkylation sites (N-methyl/N-ethyl adjacent to an activating group) is 1. The predicted molar refractivity (Wildman–Crippen MR) is 43.5 cm³/mol. The molecule has 0 aliphatic carbocycles. The lowest BCUT2D eigenvalue weighted by molar-refractivity contribution is 0.108. The highest BCUT2D eigenvalue weighted by atomic mass is 16.6. The number of ether oxygens (including phenoxy) is 1. The van der Waals surface area contributed by atoms with Crippen molar-refractivity contribution in [3.05, 3.63) is 0 Å². The maximum atomic E-state index is 10.8. The van der Waals surface area contributed by atoms with E-state index in [1.165, 1.54) is 0 Å². The van der Waals surface area contributed by atoms with Gasteiger partial charge in [-0.2, -0.15) is 0 Å². The minimum absolute atomic E-state index is 0.0773. The second-order valence-corrected chi connectivity index (χ2v) is 2.30. The van der Waals surface area contributed by atoms with Crippen LogP contribution < -0.4 is 10.6 Å². The molecule has 0 bridgehead atoms. The average Bonchev–Trinajstić information content (AvgIpc) is 1.87. The molecule has 4 nitrogen and oxygen atoms in total. The van der Waals surface area contributed by atoms with E-state index in [0.29, 0.717) is 13.1 Å². The molecule has 4 heteroatoms. The summed E-state index contributed by atoms with van der Waals surface area (Å²) in [6.45, 7) is 4.97. The molecule has 2 N–H and O–H groups in total. The van der Waals surface area contributed by atoms with Crippen molar-refractivity contribution in [2.75, 3.05) is 20.1 Å². The summed E-state index contributed by atoms with van der Waals surface area (Å²) in [6, 6.07) is 0. The number of nitrogens with one attached hydrogen (secondary N) is 2. The van der Waals surface area contributed by atoms with Crippen molar-refractivity contribution >= 4 is 6.09 Å². The molecule has 0 heterocycles. The first-order valence-electron chi connectivity index (χ1n) is 3.79. The zero-order valence-electron chi connectivity index (χ0n) is 7.31. The molecular formula is C7H16N2O2. The SMILES string of the molecule is CCNC(=O)OC(C)CNC. The molecule has 66 valence electrons. The highest BCUT2D eigenvalue weighted by Crippen LogP contribution is 1.88. The third-order valence-electron chi connectivity index (χ3n) is 1.12. The molecule has 0 spiro atoms. The Morgan fingerprint density at radius 2 is 2.27 bits per heavy atom. The fraction of sp³-hybridized carbons (Fsp3) is 0.857. The lowest BCUT2D eigenvalue weighted by Crippen LogP contribution is -2.32. The van der Waals surface area contributed by atoms with E-state index >= 15 is 0 Å². The van der Waals surface area contributed by atoms with Crippen LogP contribution in [0.3, 0.4) is 0 Å². The number of alkyl carbamates (subject to hydrolysis) is 1. The number of rotatable bonds is 4. The van der Waals surface area contributed by atoms with Crippen LogP contribution in [0.25, 0.3) is 0 Å². The van der Waals surface area contributed by atoms with Crippen LogP contribution in [0.1, 0.15) is 13.8 Å². The fourth-order valence-corrected chi connectivity index (χ4v) is 0.698. The Bertz CT molecular complexity index is 117. The van der Waals surface area contributed by atoms with Gasteiger partial charge in [-0.15, -0.1) is 0 Å². The maximum Gasteiger partial charge on any atom is 0.407 e. The van der Waals surface area contributed by atoms with Gasteiger partial charge in [0.15, 0.2) is 0 Å².